The van der Waals surface area contributed by atoms with Gasteiger partial charge in [-0.2, -0.15) is 5.26 Å². The molecule has 0 aromatic heterocycles. The van der Waals surface area contributed by atoms with Gasteiger partial charge in [-0.15, -0.1) is 0 Å². The van der Waals surface area contributed by atoms with Gasteiger partial charge in [0.25, 0.3) is 5.91 Å². The maximum absolute atomic E-state index is 12.3. The number of hydrogen-bond donors (Lipinski definition) is 1. The third-order valence-corrected chi connectivity index (χ3v) is 4.32. The Morgan fingerprint density at radius 2 is 1.62 bits per heavy atom. The van der Waals surface area contributed by atoms with Crippen LogP contribution in [-0.4, -0.2) is 12.5 Å². The van der Waals surface area contributed by atoms with Crippen LogP contribution in [0.4, 0.5) is 0 Å². The molecule has 0 saturated carbocycles. The van der Waals surface area contributed by atoms with E-state index in [0.717, 1.165) is 16.7 Å². The fourth-order valence-corrected chi connectivity index (χ4v) is 2.81. The van der Waals surface area contributed by atoms with Gasteiger partial charge in [0.05, 0.1) is 0 Å². The van der Waals surface area contributed by atoms with Gasteiger partial charge in [-0.25, -0.2) is 0 Å². The number of benzene rings is 3. The van der Waals surface area contributed by atoms with Crippen molar-refractivity contribution < 1.29 is 9.53 Å². The van der Waals surface area contributed by atoms with Gasteiger partial charge in [0.15, 0.2) is 0 Å². The number of carbonyl (C=O) groups excluding carboxylic acids is 1. The second-order valence-corrected chi connectivity index (χ2v) is 6.51. The summed E-state index contributed by atoms with van der Waals surface area (Å²) in [6, 6.07) is 29.1. The topological polar surface area (TPSA) is 62.1 Å². The summed E-state index contributed by atoms with van der Waals surface area (Å²) >= 11 is 0. The first kappa shape index (κ1) is 19.9. The van der Waals surface area contributed by atoms with Crippen molar-refractivity contribution in [1.82, 2.24) is 5.32 Å². The third kappa shape index (κ3) is 6.37. The molecule has 0 spiro atoms. The molecule has 3 aromatic carbocycles. The number of amides is 1. The minimum atomic E-state index is -0.376. The van der Waals surface area contributed by atoms with Crippen molar-refractivity contribution in [1.29, 1.82) is 5.26 Å². The van der Waals surface area contributed by atoms with E-state index < -0.39 is 0 Å². The predicted molar refractivity (Wildman–Crippen MR) is 114 cm³/mol. The first-order valence-corrected chi connectivity index (χ1v) is 9.45. The first-order valence-electron chi connectivity index (χ1n) is 9.45. The molecule has 0 aliphatic rings. The van der Waals surface area contributed by atoms with E-state index in [9.17, 15) is 10.1 Å². The summed E-state index contributed by atoms with van der Waals surface area (Å²) in [5, 5.41) is 12.2. The lowest BCUT2D eigenvalue weighted by Crippen LogP contribution is -2.26. The van der Waals surface area contributed by atoms with E-state index >= 15 is 0 Å². The van der Waals surface area contributed by atoms with Gasteiger partial charge in [-0.3, -0.25) is 4.79 Å². The van der Waals surface area contributed by atoms with Crippen LogP contribution in [-0.2, 0) is 17.8 Å². The zero-order valence-electron chi connectivity index (χ0n) is 16.0. The number of carbonyl (C=O) groups is 1. The molecule has 1 N–H and O–H groups in total. The van der Waals surface area contributed by atoms with Crippen molar-refractivity contribution in [2.75, 3.05) is 6.54 Å². The van der Waals surface area contributed by atoms with Crippen LogP contribution in [0.5, 0.6) is 5.75 Å². The van der Waals surface area contributed by atoms with E-state index in [4.69, 9.17) is 4.74 Å². The molecular weight excluding hydrogens is 360 g/mol. The zero-order valence-corrected chi connectivity index (χ0v) is 16.0. The number of rotatable bonds is 8. The Kier molecular flexibility index (Phi) is 7.20. The van der Waals surface area contributed by atoms with Crippen molar-refractivity contribution in [3.05, 3.63) is 107 Å². The molecule has 0 radical (unpaired) electrons. The number of hydrogen-bond acceptors (Lipinski definition) is 3. The van der Waals surface area contributed by atoms with Crippen molar-refractivity contribution >= 4 is 12.0 Å². The van der Waals surface area contributed by atoms with Crippen molar-refractivity contribution in [3.63, 3.8) is 0 Å². The normalized spacial score (nSPS) is 10.8. The SMILES string of the molecule is N#C/C(=C\c1cccc(OCc2ccccc2)c1)C(=O)NCCc1ccccc1. The largest absolute Gasteiger partial charge is 0.489 e. The lowest BCUT2D eigenvalue weighted by Gasteiger charge is -2.07. The molecule has 0 fully saturated rings. The van der Waals surface area contributed by atoms with Crippen LogP contribution in [0.2, 0.25) is 0 Å². The molecule has 1 amide bonds. The molecule has 0 unspecified atom stereocenters. The average Bonchev–Trinajstić information content (AvgIpc) is 2.77. The number of ether oxygens (including phenoxy) is 1. The van der Waals surface area contributed by atoms with E-state index in [1.165, 1.54) is 0 Å². The molecule has 0 bridgehead atoms. The molecule has 4 heteroatoms. The van der Waals surface area contributed by atoms with Crippen LogP contribution in [0.15, 0.2) is 90.5 Å². The average molecular weight is 382 g/mol. The van der Waals surface area contributed by atoms with E-state index in [0.29, 0.717) is 25.3 Å². The maximum Gasteiger partial charge on any atom is 0.261 e. The molecule has 0 heterocycles. The number of nitrogens with one attached hydrogen (secondary N) is 1. The van der Waals surface area contributed by atoms with Crippen LogP contribution in [0.1, 0.15) is 16.7 Å². The highest BCUT2D eigenvalue weighted by Crippen LogP contribution is 2.17. The Hall–Kier alpha value is -3.84. The minimum absolute atomic E-state index is 0.0678. The van der Waals surface area contributed by atoms with Gasteiger partial charge >= 0.3 is 0 Å². The maximum atomic E-state index is 12.3. The molecule has 144 valence electrons. The fraction of sp³-hybridized carbons (Fsp3) is 0.120. The summed E-state index contributed by atoms with van der Waals surface area (Å²) in [6.07, 6.45) is 2.29. The molecular formula is C25H22N2O2. The Balaban J connectivity index is 1.59. The molecule has 0 atom stereocenters. The molecule has 3 rings (SSSR count). The Bertz CT molecular complexity index is 1010. The van der Waals surface area contributed by atoms with Crippen LogP contribution in [0, 0.1) is 11.3 Å². The molecule has 29 heavy (non-hydrogen) atoms. The molecule has 3 aromatic rings. The van der Waals surface area contributed by atoms with E-state index in [1.54, 1.807) is 6.08 Å². The summed E-state index contributed by atoms with van der Waals surface area (Å²) in [5.41, 5.74) is 3.02. The van der Waals surface area contributed by atoms with Gasteiger partial charge in [0.1, 0.15) is 24.0 Å². The van der Waals surface area contributed by atoms with E-state index in [1.807, 2.05) is 91.0 Å². The van der Waals surface area contributed by atoms with Gasteiger partial charge in [-0.1, -0.05) is 72.8 Å². The van der Waals surface area contributed by atoms with Gasteiger partial charge in [0, 0.05) is 6.54 Å². The highest BCUT2D eigenvalue weighted by molar-refractivity contribution is 6.01. The zero-order chi connectivity index (χ0) is 20.3. The Labute approximate surface area is 171 Å². The Morgan fingerprint density at radius 3 is 2.31 bits per heavy atom. The van der Waals surface area contributed by atoms with Crippen LogP contribution in [0.25, 0.3) is 6.08 Å². The fourth-order valence-electron chi connectivity index (χ4n) is 2.81. The summed E-state index contributed by atoms with van der Waals surface area (Å²) in [6.45, 7) is 0.932. The molecule has 0 saturated heterocycles. The monoisotopic (exact) mass is 382 g/mol. The lowest BCUT2D eigenvalue weighted by molar-refractivity contribution is -0.117. The summed E-state index contributed by atoms with van der Waals surface area (Å²) in [5.74, 6) is 0.309. The standard InChI is InChI=1S/C25H22N2O2/c26-18-23(25(28)27-15-14-20-8-3-1-4-9-20)16-22-12-7-13-24(17-22)29-19-21-10-5-2-6-11-21/h1-13,16-17H,14-15,19H2,(H,27,28)/b23-16+. The van der Waals surface area contributed by atoms with Crippen LogP contribution in [0.3, 0.4) is 0 Å². The van der Waals surface area contributed by atoms with Crippen molar-refractivity contribution in [2.24, 2.45) is 0 Å². The van der Waals surface area contributed by atoms with Gasteiger partial charge < -0.3 is 10.1 Å². The highest BCUT2D eigenvalue weighted by Gasteiger charge is 2.09. The highest BCUT2D eigenvalue weighted by atomic mass is 16.5. The second-order valence-electron chi connectivity index (χ2n) is 6.51. The van der Waals surface area contributed by atoms with Crippen molar-refractivity contribution in [3.8, 4) is 11.8 Å². The van der Waals surface area contributed by atoms with Crippen LogP contribution >= 0.6 is 0 Å². The summed E-state index contributed by atoms with van der Waals surface area (Å²) in [7, 11) is 0. The summed E-state index contributed by atoms with van der Waals surface area (Å²) in [4.78, 5) is 12.3. The predicted octanol–water partition coefficient (Wildman–Crippen LogP) is 4.53. The smallest absolute Gasteiger partial charge is 0.261 e. The summed E-state index contributed by atoms with van der Waals surface area (Å²) < 4.78 is 5.81. The number of nitriles is 1. The molecule has 4 nitrogen and oxygen atoms in total. The van der Waals surface area contributed by atoms with Crippen LogP contribution < -0.4 is 10.1 Å². The van der Waals surface area contributed by atoms with E-state index in [2.05, 4.69) is 5.32 Å². The lowest BCUT2D eigenvalue weighted by atomic mass is 10.1. The quantitative estimate of drug-likeness (QED) is 0.460. The third-order valence-electron chi connectivity index (χ3n) is 4.32. The van der Waals surface area contributed by atoms with Gasteiger partial charge in [-0.05, 0) is 41.3 Å². The first-order chi connectivity index (χ1) is 14.2. The van der Waals surface area contributed by atoms with E-state index in [-0.39, 0.29) is 11.5 Å². The Morgan fingerprint density at radius 1 is 0.931 bits per heavy atom. The molecule has 0 aliphatic heterocycles. The number of nitrogens with zero attached hydrogens (tertiary/aromatic N) is 1. The minimum Gasteiger partial charge on any atom is -0.489 e. The van der Waals surface area contributed by atoms with Crippen molar-refractivity contribution in [2.45, 2.75) is 13.0 Å². The van der Waals surface area contributed by atoms with Gasteiger partial charge in [0.2, 0.25) is 0 Å². The second kappa shape index (κ2) is 10.5. The molecule has 0 aliphatic carbocycles.